The maximum absolute atomic E-state index is 12.4. The molecule has 3 aromatic carbocycles. The Kier molecular flexibility index (Phi) is 7.17. The van der Waals surface area contributed by atoms with Crippen molar-refractivity contribution in [1.29, 1.82) is 0 Å². The van der Waals surface area contributed by atoms with Crippen LogP contribution in [-0.4, -0.2) is 27.6 Å². The van der Waals surface area contributed by atoms with Gasteiger partial charge < -0.3 is 8.92 Å². The van der Waals surface area contributed by atoms with Gasteiger partial charge in [-0.2, -0.15) is 13.5 Å². The fraction of sp³-hybridized carbons (Fsp3) is 0.0476. The van der Waals surface area contributed by atoms with Gasteiger partial charge in [0.05, 0.1) is 23.9 Å². The molecule has 0 radical (unpaired) electrons. The summed E-state index contributed by atoms with van der Waals surface area (Å²) < 4.78 is 35.2. The summed E-state index contributed by atoms with van der Waals surface area (Å²) in [5.41, 5.74) is 3.10. The van der Waals surface area contributed by atoms with Gasteiger partial charge in [-0.05, 0) is 54.1 Å². The van der Waals surface area contributed by atoms with Gasteiger partial charge in [0.15, 0.2) is 11.5 Å². The van der Waals surface area contributed by atoms with Crippen LogP contribution in [0, 0.1) is 0 Å². The van der Waals surface area contributed by atoms with Crippen molar-refractivity contribution in [2.75, 3.05) is 7.11 Å². The highest BCUT2D eigenvalue weighted by atomic mass is 35.5. The molecule has 0 bridgehead atoms. The molecule has 0 aromatic heterocycles. The molecule has 0 heterocycles. The molecule has 0 atom stereocenters. The van der Waals surface area contributed by atoms with Gasteiger partial charge in [0.1, 0.15) is 4.90 Å². The van der Waals surface area contributed by atoms with E-state index in [-0.39, 0.29) is 27.0 Å². The second-order valence-corrected chi connectivity index (χ2v) is 8.47. The third-order valence-corrected chi connectivity index (χ3v) is 5.77. The van der Waals surface area contributed by atoms with E-state index in [9.17, 15) is 13.2 Å². The predicted molar refractivity (Wildman–Crippen MR) is 119 cm³/mol. The van der Waals surface area contributed by atoms with E-state index >= 15 is 0 Å². The Labute approximate surface area is 189 Å². The molecule has 0 aliphatic carbocycles. The zero-order chi connectivity index (χ0) is 22.4. The molecule has 0 fully saturated rings. The average Bonchev–Trinajstić information content (AvgIpc) is 2.75. The Hall–Kier alpha value is -3.07. The summed E-state index contributed by atoms with van der Waals surface area (Å²) in [5, 5.41) is 4.49. The molecule has 0 saturated carbocycles. The lowest BCUT2D eigenvalue weighted by Crippen LogP contribution is -2.18. The van der Waals surface area contributed by atoms with Gasteiger partial charge in [-0.25, -0.2) is 5.43 Å². The lowest BCUT2D eigenvalue weighted by atomic mass is 10.2. The first kappa shape index (κ1) is 22.6. The first-order chi connectivity index (χ1) is 14.8. The molecule has 3 rings (SSSR count). The fourth-order valence-corrected chi connectivity index (χ4v) is 3.94. The number of carbonyl (C=O) groups excluding carboxylic acids is 1. The van der Waals surface area contributed by atoms with Gasteiger partial charge >= 0.3 is 10.1 Å². The second kappa shape index (κ2) is 9.82. The van der Waals surface area contributed by atoms with E-state index in [0.717, 1.165) is 0 Å². The first-order valence-electron chi connectivity index (χ1n) is 8.76. The van der Waals surface area contributed by atoms with Crippen LogP contribution in [0.15, 0.2) is 76.7 Å². The monoisotopic (exact) mass is 478 g/mol. The minimum absolute atomic E-state index is 0.0143. The molecule has 10 heteroatoms. The topological polar surface area (TPSA) is 94.1 Å². The van der Waals surface area contributed by atoms with E-state index in [2.05, 4.69) is 10.5 Å². The number of amides is 1. The lowest BCUT2D eigenvalue weighted by molar-refractivity contribution is 0.0955. The normalized spacial score (nSPS) is 11.3. The van der Waals surface area contributed by atoms with Crippen LogP contribution in [0.4, 0.5) is 0 Å². The Morgan fingerprint density at radius 2 is 1.74 bits per heavy atom. The number of ether oxygens (including phenoxy) is 1. The van der Waals surface area contributed by atoms with Gasteiger partial charge in [-0.1, -0.05) is 41.4 Å². The van der Waals surface area contributed by atoms with Gasteiger partial charge in [0.2, 0.25) is 0 Å². The number of methoxy groups -OCH3 is 1. The molecule has 1 N–H and O–H groups in total. The van der Waals surface area contributed by atoms with Crippen molar-refractivity contribution in [3.8, 4) is 11.5 Å². The maximum atomic E-state index is 12.4. The second-order valence-electron chi connectivity index (χ2n) is 6.08. The van der Waals surface area contributed by atoms with Crippen molar-refractivity contribution in [3.63, 3.8) is 0 Å². The zero-order valence-electron chi connectivity index (χ0n) is 16.1. The van der Waals surface area contributed by atoms with Gasteiger partial charge in [0.25, 0.3) is 5.91 Å². The summed E-state index contributed by atoms with van der Waals surface area (Å²) >= 11 is 11.8. The smallest absolute Gasteiger partial charge is 0.339 e. The van der Waals surface area contributed by atoms with E-state index in [1.165, 1.54) is 49.7 Å². The summed E-state index contributed by atoms with van der Waals surface area (Å²) in [5.74, 6) is -0.324. The molecule has 3 aromatic rings. The van der Waals surface area contributed by atoms with Crippen molar-refractivity contribution >= 4 is 45.4 Å². The lowest BCUT2D eigenvalue weighted by Gasteiger charge is -2.11. The molecular weight excluding hydrogens is 463 g/mol. The van der Waals surface area contributed by atoms with Gasteiger partial charge in [0, 0.05) is 5.02 Å². The minimum atomic E-state index is -4.02. The van der Waals surface area contributed by atoms with Crippen LogP contribution in [0.25, 0.3) is 0 Å². The van der Waals surface area contributed by atoms with Crippen molar-refractivity contribution in [2.24, 2.45) is 5.10 Å². The zero-order valence-corrected chi connectivity index (χ0v) is 18.4. The summed E-state index contributed by atoms with van der Waals surface area (Å²) in [4.78, 5) is 12.2. The molecule has 1 amide bonds. The Morgan fingerprint density at radius 3 is 2.42 bits per heavy atom. The van der Waals surface area contributed by atoms with E-state index in [4.69, 9.17) is 32.1 Å². The van der Waals surface area contributed by atoms with Crippen molar-refractivity contribution in [3.05, 3.63) is 87.9 Å². The van der Waals surface area contributed by atoms with E-state index in [0.29, 0.717) is 10.6 Å². The van der Waals surface area contributed by atoms with Gasteiger partial charge in [-0.3, -0.25) is 4.79 Å². The fourth-order valence-electron chi connectivity index (χ4n) is 2.49. The Balaban J connectivity index is 1.73. The van der Waals surface area contributed by atoms with E-state index in [1.807, 2.05) is 0 Å². The van der Waals surface area contributed by atoms with Crippen LogP contribution in [0.3, 0.4) is 0 Å². The van der Waals surface area contributed by atoms with Crippen molar-refractivity contribution < 1.29 is 22.1 Å². The van der Waals surface area contributed by atoms with Crippen LogP contribution < -0.4 is 14.3 Å². The number of nitrogens with zero attached hydrogens (tertiary/aromatic N) is 1. The van der Waals surface area contributed by atoms with Crippen LogP contribution >= 0.6 is 23.2 Å². The van der Waals surface area contributed by atoms with Crippen molar-refractivity contribution in [1.82, 2.24) is 5.43 Å². The van der Waals surface area contributed by atoms with Crippen LogP contribution in [0.2, 0.25) is 10.0 Å². The minimum Gasteiger partial charge on any atom is -0.493 e. The third-order valence-electron chi connectivity index (χ3n) is 3.97. The highest BCUT2D eigenvalue weighted by Gasteiger charge is 2.19. The number of halogens is 2. The number of rotatable bonds is 7. The molecule has 0 unspecified atom stereocenters. The molecule has 0 aliphatic rings. The first-order valence-corrected chi connectivity index (χ1v) is 10.9. The quantitative estimate of drug-likeness (QED) is 0.305. The molecule has 0 spiro atoms. The number of hydrogen-bond donors (Lipinski definition) is 1. The predicted octanol–water partition coefficient (Wildman–Crippen LogP) is 4.53. The Bertz CT molecular complexity index is 1230. The SMILES string of the molecule is COc1cc(/C=N/NC(=O)c2ccc(Cl)cc2Cl)ccc1OS(=O)(=O)c1ccccc1. The molecule has 0 saturated heterocycles. The van der Waals surface area contributed by atoms with E-state index < -0.39 is 16.0 Å². The molecule has 7 nitrogen and oxygen atoms in total. The van der Waals surface area contributed by atoms with Crippen molar-refractivity contribution in [2.45, 2.75) is 4.90 Å². The summed E-state index contributed by atoms with van der Waals surface area (Å²) in [6.45, 7) is 0. The highest BCUT2D eigenvalue weighted by Crippen LogP contribution is 2.30. The van der Waals surface area contributed by atoms with Gasteiger partial charge in [-0.15, -0.1) is 0 Å². The van der Waals surface area contributed by atoms with Crippen LogP contribution in [0.1, 0.15) is 15.9 Å². The standard InChI is InChI=1S/C21H16Cl2N2O5S/c1-29-20-11-14(13-24-25-21(26)17-9-8-15(22)12-18(17)23)7-10-19(20)30-31(27,28)16-5-3-2-4-6-16/h2-13H,1H3,(H,25,26)/b24-13+. The number of hydrogen-bond acceptors (Lipinski definition) is 6. The van der Waals surface area contributed by atoms with E-state index in [1.54, 1.807) is 30.3 Å². The number of nitrogens with one attached hydrogen (secondary N) is 1. The average molecular weight is 479 g/mol. The summed E-state index contributed by atoms with van der Waals surface area (Å²) in [7, 11) is -2.64. The highest BCUT2D eigenvalue weighted by molar-refractivity contribution is 7.87. The Morgan fingerprint density at radius 1 is 1.00 bits per heavy atom. The number of carbonyl (C=O) groups is 1. The van der Waals surface area contributed by atoms with Crippen LogP contribution in [-0.2, 0) is 10.1 Å². The molecule has 31 heavy (non-hydrogen) atoms. The number of hydrazone groups is 1. The molecule has 160 valence electrons. The molecular formula is C21H16Cl2N2O5S. The maximum Gasteiger partial charge on any atom is 0.339 e. The summed E-state index contributed by atoms with van der Waals surface area (Å²) in [6, 6.07) is 16.7. The summed E-state index contributed by atoms with van der Waals surface area (Å²) in [6.07, 6.45) is 1.36. The molecule has 0 aliphatic heterocycles. The number of benzene rings is 3. The third kappa shape index (κ3) is 5.75. The largest absolute Gasteiger partial charge is 0.493 e. The van der Waals surface area contributed by atoms with Crippen LogP contribution in [0.5, 0.6) is 11.5 Å².